The van der Waals surface area contributed by atoms with Crippen LogP contribution in [0.5, 0.6) is 0 Å². The second kappa shape index (κ2) is 27.0. The molecule has 110 heavy (non-hydrogen) atoms. The Morgan fingerprint density at radius 3 is 0.818 bits per heavy atom. The van der Waals surface area contributed by atoms with Gasteiger partial charge >= 0.3 is 0 Å². The van der Waals surface area contributed by atoms with Gasteiger partial charge in [0.25, 0.3) is 0 Å². The van der Waals surface area contributed by atoms with Crippen molar-refractivity contribution in [1.29, 1.82) is 0 Å². The Balaban J connectivity index is 1.26. The number of fused-ring (bicyclic) bond motifs is 10. The number of aliphatic imine (C=N–C) groups is 2. The van der Waals surface area contributed by atoms with E-state index in [1.54, 1.807) is 0 Å². The maximum Gasteiger partial charge on any atom is 0.200 e. The fraction of sp³-hybridized carbons (Fsp3) is 0. The van der Waals surface area contributed by atoms with Gasteiger partial charge in [0.2, 0.25) is 34.9 Å². The van der Waals surface area contributed by atoms with Crippen LogP contribution in [0.2, 0.25) is 0 Å². The number of hydrogen-bond acceptors (Lipinski definition) is 2. The van der Waals surface area contributed by atoms with Gasteiger partial charge in [-0.3, -0.25) is 0 Å². The molecule has 0 unspecified atom stereocenters. The molecule has 3 aliphatic heterocycles. The fourth-order valence-electron chi connectivity index (χ4n) is 12.2. The van der Waals surface area contributed by atoms with E-state index in [1.807, 2.05) is 0 Å². The third kappa shape index (κ3) is 11.2. The molecule has 0 radical (unpaired) electrons. The Labute approximate surface area is 588 Å². The molecule has 0 spiro atoms. The first-order chi connectivity index (χ1) is 52.1. The van der Waals surface area contributed by atoms with Gasteiger partial charge in [0.15, 0.2) is 140 Å². The van der Waals surface area contributed by atoms with Crippen LogP contribution in [-0.2, 0) is 0 Å². The van der Waals surface area contributed by atoms with E-state index in [-0.39, 0.29) is 5.56 Å². The van der Waals surface area contributed by atoms with Crippen molar-refractivity contribution in [2.75, 3.05) is 0 Å². The van der Waals surface area contributed by atoms with E-state index in [2.05, 4.69) is 41.8 Å². The lowest BCUT2D eigenvalue weighted by Crippen LogP contribution is -2.23. The van der Waals surface area contributed by atoms with E-state index in [0.29, 0.717) is 66.8 Å². The van der Waals surface area contributed by atoms with Crippen molar-refractivity contribution in [2.45, 2.75) is 0 Å². The van der Waals surface area contributed by atoms with Crippen LogP contribution in [0, 0.1) is 186 Å². The van der Waals surface area contributed by atoms with Crippen LogP contribution in [0.25, 0.3) is 33.4 Å². The molecule has 12 bridgehead atoms. The third-order valence-corrected chi connectivity index (χ3v) is 17.2. The van der Waals surface area contributed by atoms with Crippen LogP contribution in [0.3, 0.4) is 0 Å². The molecule has 4 N–H and O–H groups in total. The zero-order valence-electron chi connectivity index (χ0n) is 52.5. The zero-order chi connectivity index (χ0) is 79.3. The van der Waals surface area contributed by atoms with Crippen LogP contribution in [0.15, 0.2) is 124 Å². The number of rotatable bonds is 6. The molecular weight excluding hydrogens is 1540 g/mol. The van der Waals surface area contributed by atoms with Crippen molar-refractivity contribution >= 4 is 44.9 Å². The van der Waals surface area contributed by atoms with Gasteiger partial charge in [0.05, 0.1) is 61.8 Å². The zero-order valence-corrected chi connectivity index (χ0v) is 52.5. The molecule has 0 atom stereocenters. The Hall–Kier alpha value is -13.1. The standard InChI is InChI=1S/C74H20F30N6/c75-44-38(45(76)57(88)68(99)56(44)87)32-21-8-9-22(105-21)33(39-46(77)58(89)69(100)59(90)47(39)78)24-12-13-26(107-24)35(41-50(81)62(93)71(102)63(94)51(41)82)28-16-17-30(109-28)37(43-54(85)66(97)73(104)67(98)55(43)86)74-20(7-6-19-4-2-1-3-5-19)18-31(110-74)36(42-52(83)64(95)72(103)65(96)53(42)84)29-15-14-27(108-29)34(25-11-10-23(32)106-25)40-48(79)60(91)70(101)61(92)49(40)80/h1-5,8-18,105-106,108-109H. The van der Waals surface area contributed by atoms with Crippen molar-refractivity contribution in [2.24, 2.45) is 9.98 Å². The lowest BCUT2D eigenvalue weighted by Gasteiger charge is -2.15. The monoisotopic (exact) mass is 1560 g/mol. The smallest absolute Gasteiger partial charge is 0.200 e. The molecule has 14 rings (SSSR count). The van der Waals surface area contributed by atoms with Gasteiger partial charge in [-0.2, -0.15) is 0 Å². The number of hydrogen-bond donors (Lipinski definition) is 4. The highest BCUT2D eigenvalue weighted by molar-refractivity contribution is 6.32. The van der Waals surface area contributed by atoms with Gasteiger partial charge in [-0.05, 0) is 78.9 Å². The Kier molecular flexibility index (Phi) is 18.1. The topological polar surface area (TPSA) is 87.9 Å². The number of nitrogens with zero attached hydrogens (tertiary/aromatic N) is 2. The van der Waals surface area contributed by atoms with E-state index in [0.717, 1.165) is 0 Å². The Morgan fingerprint density at radius 2 is 0.482 bits per heavy atom. The summed E-state index contributed by atoms with van der Waals surface area (Å²) in [6.45, 7) is 0. The SMILES string of the molecule is Fc1c(F)c(F)c(C2=C3C=CC(=N3)C(c3c(F)c(F)c(F)c(F)c3F)=c3ccc([nH]3)=C(c3c(F)c(F)c(F)c(F)c3F)c3ccc([nH]3)C(c3c(F)c(F)c(F)c(F)c3F)=c3ccc([nH]3)=C(c3c(F)c(F)c(F)c(F)c3F)C3=NC(=C(c4c(F)c(F)c(F)c(F)c4F)c4ccc2[nH]4)C(C#Cc2ccccc2)=C3)c(F)c1F. The molecule has 6 nitrogen and oxygen atoms in total. The molecule has 0 saturated carbocycles. The number of H-pyrrole nitrogens is 4. The Bertz CT molecular complexity index is 6410. The van der Waals surface area contributed by atoms with Gasteiger partial charge in [0, 0.05) is 83.2 Å². The minimum Gasteiger partial charge on any atom is -0.354 e. The van der Waals surface area contributed by atoms with Gasteiger partial charge in [-0.25, -0.2) is 142 Å². The first-order valence-electron chi connectivity index (χ1n) is 30.1. The molecule has 7 heterocycles. The normalized spacial score (nSPS) is 13.8. The molecule has 4 aromatic heterocycles. The summed E-state index contributed by atoms with van der Waals surface area (Å²) in [5.74, 6) is -81.5. The average Bonchev–Trinajstić information content (AvgIpc) is 1.56. The first-order valence-corrected chi connectivity index (χ1v) is 30.1. The molecule has 556 valence electrons. The number of aromatic amines is 4. The number of benzene rings is 7. The van der Waals surface area contributed by atoms with Crippen LogP contribution in [0.1, 0.15) is 61.7 Å². The van der Waals surface area contributed by atoms with Gasteiger partial charge in [0.1, 0.15) is 0 Å². The van der Waals surface area contributed by atoms with E-state index in [9.17, 15) is 8.78 Å². The molecule has 36 heteroatoms. The second-order valence-electron chi connectivity index (χ2n) is 23.3. The molecule has 11 aromatic rings. The van der Waals surface area contributed by atoms with Crippen molar-refractivity contribution < 1.29 is 132 Å². The highest BCUT2D eigenvalue weighted by atomic mass is 19.2. The van der Waals surface area contributed by atoms with Gasteiger partial charge in [-0.15, -0.1) is 0 Å². The maximum atomic E-state index is 17.0. The summed E-state index contributed by atoms with van der Waals surface area (Å²) in [5, 5.41) is -5.07. The highest BCUT2D eigenvalue weighted by Gasteiger charge is 2.40. The average molecular weight is 1560 g/mol. The molecule has 7 aromatic carbocycles. The van der Waals surface area contributed by atoms with E-state index < -0.39 is 314 Å². The third-order valence-electron chi connectivity index (χ3n) is 17.2. The van der Waals surface area contributed by atoms with Crippen molar-refractivity contribution in [1.82, 2.24) is 19.9 Å². The highest BCUT2D eigenvalue weighted by Crippen LogP contribution is 2.45. The number of nitrogens with one attached hydrogen (secondary N) is 4. The van der Waals surface area contributed by atoms with Gasteiger partial charge < -0.3 is 19.9 Å². The predicted molar refractivity (Wildman–Crippen MR) is 325 cm³/mol. The van der Waals surface area contributed by atoms with E-state index >= 15 is 123 Å². The summed E-state index contributed by atoms with van der Waals surface area (Å²) in [5.41, 5.74) is -34.7. The van der Waals surface area contributed by atoms with Crippen LogP contribution < -0.4 is 21.4 Å². The molecule has 0 aliphatic carbocycles. The summed E-state index contributed by atoms with van der Waals surface area (Å²) in [6, 6.07) is 9.64. The predicted octanol–water partition coefficient (Wildman–Crippen LogP) is 16.7. The van der Waals surface area contributed by atoms with Crippen LogP contribution in [0.4, 0.5) is 132 Å². The summed E-state index contributed by atoms with van der Waals surface area (Å²) in [4.78, 5) is 16.6. The summed E-state index contributed by atoms with van der Waals surface area (Å²) < 4.78 is 480. The van der Waals surface area contributed by atoms with Crippen molar-refractivity contribution in [3.8, 4) is 11.8 Å². The summed E-state index contributed by atoms with van der Waals surface area (Å²) in [7, 11) is 0. The quantitative estimate of drug-likeness (QED) is 0.0553. The first kappa shape index (κ1) is 73.8. The second-order valence-corrected chi connectivity index (χ2v) is 23.3. The number of halogens is 30. The lowest BCUT2D eigenvalue weighted by molar-refractivity contribution is 0.376. The van der Waals surface area contributed by atoms with E-state index in [4.69, 9.17) is 0 Å². The lowest BCUT2D eigenvalue weighted by atomic mass is 9.95. The molecular formula is C74H20F30N6. The maximum absolute atomic E-state index is 17.0. The minimum atomic E-state index is -2.95. The van der Waals surface area contributed by atoms with Crippen LogP contribution >= 0.6 is 0 Å². The summed E-state index contributed by atoms with van der Waals surface area (Å²) in [6.07, 6.45) is 1.12. The molecule has 0 fully saturated rings. The van der Waals surface area contributed by atoms with Crippen molar-refractivity contribution in [3.05, 3.63) is 372 Å². The Morgan fingerprint density at radius 1 is 0.218 bits per heavy atom. The molecule has 0 amide bonds. The van der Waals surface area contributed by atoms with Crippen LogP contribution in [-0.4, -0.2) is 31.4 Å². The molecule has 3 aliphatic rings. The fourth-order valence-corrected chi connectivity index (χ4v) is 12.2. The van der Waals surface area contributed by atoms with E-state index in [1.165, 1.54) is 30.3 Å². The molecule has 0 saturated heterocycles. The van der Waals surface area contributed by atoms with Gasteiger partial charge in [-0.1, -0.05) is 30.0 Å². The summed E-state index contributed by atoms with van der Waals surface area (Å²) >= 11 is 0. The largest absolute Gasteiger partial charge is 0.354 e. The number of aromatic nitrogens is 4. The minimum absolute atomic E-state index is 0.129. The number of allylic oxidation sites excluding steroid dienone is 4. The van der Waals surface area contributed by atoms with Crippen molar-refractivity contribution in [3.63, 3.8) is 0 Å².